The molecule has 0 saturated carbocycles. The lowest BCUT2D eigenvalue weighted by molar-refractivity contribution is 0.0950. The Morgan fingerprint density at radius 3 is 2.38 bits per heavy atom. The van der Waals surface area contributed by atoms with E-state index in [4.69, 9.17) is 9.97 Å². The van der Waals surface area contributed by atoms with Gasteiger partial charge in [-0.05, 0) is 33.0 Å². The van der Waals surface area contributed by atoms with Crippen molar-refractivity contribution in [3.8, 4) is 22.5 Å². The molecule has 0 aliphatic heterocycles. The number of benzene rings is 1. The molecule has 192 valence electrons. The highest BCUT2D eigenvalue weighted by Gasteiger charge is 2.20. The molecule has 0 saturated heterocycles. The maximum Gasteiger partial charge on any atom is 0.253 e. The van der Waals surface area contributed by atoms with Crippen molar-refractivity contribution in [2.75, 3.05) is 26.2 Å². The zero-order valence-corrected chi connectivity index (χ0v) is 21.6. The van der Waals surface area contributed by atoms with Crippen LogP contribution in [0.3, 0.4) is 0 Å². The first-order valence-electron chi connectivity index (χ1n) is 12.6. The molecule has 3 heterocycles. The number of hydrogen-bond acceptors (Lipinski definition) is 6. The maximum absolute atomic E-state index is 13.2. The standard InChI is InChI=1S/C28H32N6O3/c1-5-33(6-2)15-14-29-28(37)21-16-22(35)30-27-26(21)31-25(24(32-27)19-10-8-7-9-11-19)20-12-13-23(36)34(17-20)18(3)4/h7-13,16-18H,5-6,14-15H2,1-4H3,(H,29,37)(H,30,32,35). The van der Waals surface area contributed by atoms with Crippen molar-refractivity contribution in [2.24, 2.45) is 0 Å². The molecule has 37 heavy (non-hydrogen) atoms. The predicted molar refractivity (Wildman–Crippen MR) is 146 cm³/mol. The molecule has 3 aromatic heterocycles. The molecule has 0 atom stereocenters. The van der Waals surface area contributed by atoms with E-state index in [1.165, 1.54) is 12.1 Å². The number of aromatic amines is 1. The number of hydrogen-bond donors (Lipinski definition) is 2. The third-order valence-corrected chi connectivity index (χ3v) is 6.34. The van der Waals surface area contributed by atoms with E-state index in [0.29, 0.717) is 30.0 Å². The summed E-state index contributed by atoms with van der Waals surface area (Å²) in [5.74, 6) is -0.386. The first-order valence-corrected chi connectivity index (χ1v) is 12.6. The molecular formula is C28H32N6O3. The van der Waals surface area contributed by atoms with Gasteiger partial charge in [0.1, 0.15) is 5.52 Å². The number of nitrogens with one attached hydrogen (secondary N) is 2. The molecule has 2 N–H and O–H groups in total. The van der Waals surface area contributed by atoms with Crippen LogP contribution in [0.15, 0.2) is 64.3 Å². The number of carbonyl (C=O) groups excluding carboxylic acids is 1. The number of H-pyrrole nitrogens is 1. The van der Waals surface area contributed by atoms with E-state index >= 15 is 0 Å². The van der Waals surface area contributed by atoms with Crippen LogP contribution in [0.25, 0.3) is 33.7 Å². The highest BCUT2D eigenvalue weighted by molar-refractivity contribution is 6.04. The van der Waals surface area contributed by atoms with Crippen LogP contribution in [0.5, 0.6) is 0 Å². The van der Waals surface area contributed by atoms with Crippen molar-refractivity contribution in [3.63, 3.8) is 0 Å². The first-order chi connectivity index (χ1) is 17.8. The largest absolute Gasteiger partial charge is 0.351 e. The quantitative estimate of drug-likeness (QED) is 0.364. The minimum absolute atomic E-state index is 0.0514. The van der Waals surface area contributed by atoms with E-state index in [1.54, 1.807) is 16.8 Å². The topological polar surface area (TPSA) is 113 Å². The van der Waals surface area contributed by atoms with Gasteiger partial charge in [-0.1, -0.05) is 44.2 Å². The Morgan fingerprint density at radius 2 is 1.70 bits per heavy atom. The first kappa shape index (κ1) is 26.0. The fourth-order valence-corrected chi connectivity index (χ4v) is 4.24. The van der Waals surface area contributed by atoms with E-state index in [-0.39, 0.29) is 34.2 Å². The van der Waals surface area contributed by atoms with Gasteiger partial charge in [0.15, 0.2) is 5.65 Å². The van der Waals surface area contributed by atoms with Gasteiger partial charge in [-0.3, -0.25) is 14.4 Å². The fourth-order valence-electron chi connectivity index (χ4n) is 4.24. The van der Waals surface area contributed by atoms with E-state index in [9.17, 15) is 14.4 Å². The zero-order chi connectivity index (χ0) is 26.5. The Hall–Kier alpha value is -4.11. The summed E-state index contributed by atoms with van der Waals surface area (Å²) in [7, 11) is 0. The molecule has 4 aromatic rings. The molecule has 1 aromatic carbocycles. The number of amides is 1. The average molecular weight is 501 g/mol. The second kappa shape index (κ2) is 11.3. The molecule has 9 heteroatoms. The summed E-state index contributed by atoms with van der Waals surface area (Å²) in [4.78, 5) is 52.6. The molecular weight excluding hydrogens is 468 g/mol. The second-order valence-corrected chi connectivity index (χ2v) is 9.07. The van der Waals surface area contributed by atoms with Gasteiger partial charge in [0.05, 0.1) is 17.0 Å². The van der Waals surface area contributed by atoms with Crippen molar-refractivity contribution < 1.29 is 4.79 Å². The second-order valence-electron chi connectivity index (χ2n) is 9.07. The van der Waals surface area contributed by atoms with E-state index in [1.807, 2.05) is 44.2 Å². The molecule has 9 nitrogen and oxygen atoms in total. The van der Waals surface area contributed by atoms with Gasteiger partial charge in [-0.2, -0.15) is 0 Å². The van der Waals surface area contributed by atoms with Crippen LogP contribution in [-0.2, 0) is 0 Å². The summed E-state index contributed by atoms with van der Waals surface area (Å²) in [6.07, 6.45) is 1.75. The summed E-state index contributed by atoms with van der Waals surface area (Å²) < 4.78 is 1.63. The monoisotopic (exact) mass is 500 g/mol. The molecule has 0 spiro atoms. The highest BCUT2D eigenvalue weighted by atomic mass is 16.2. The van der Waals surface area contributed by atoms with Gasteiger partial charge in [0, 0.05) is 48.6 Å². The molecule has 4 rings (SSSR count). The molecule has 0 unspecified atom stereocenters. The van der Waals surface area contributed by atoms with Crippen LogP contribution < -0.4 is 16.4 Å². The number of carbonyl (C=O) groups is 1. The van der Waals surface area contributed by atoms with Gasteiger partial charge in [-0.15, -0.1) is 0 Å². The Labute approximate surface area is 215 Å². The van der Waals surface area contributed by atoms with Gasteiger partial charge >= 0.3 is 0 Å². The molecule has 1 amide bonds. The van der Waals surface area contributed by atoms with E-state index in [2.05, 4.69) is 29.0 Å². The summed E-state index contributed by atoms with van der Waals surface area (Å²) >= 11 is 0. The van der Waals surface area contributed by atoms with Crippen LogP contribution in [-0.4, -0.2) is 56.5 Å². The van der Waals surface area contributed by atoms with E-state index < -0.39 is 5.56 Å². The van der Waals surface area contributed by atoms with Gasteiger partial charge < -0.3 is 19.8 Å². The fraction of sp³-hybridized carbons (Fsp3) is 0.321. The Kier molecular flexibility index (Phi) is 7.93. The number of fused-ring (bicyclic) bond motifs is 1. The van der Waals surface area contributed by atoms with Crippen molar-refractivity contribution in [1.29, 1.82) is 0 Å². The summed E-state index contributed by atoms with van der Waals surface area (Å²) in [6, 6.07) is 13.9. The summed E-state index contributed by atoms with van der Waals surface area (Å²) in [5, 5.41) is 2.91. The number of pyridine rings is 2. The van der Waals surface area contributed by atoms with Crippen molar-refractivity contribution in [1.82, 2.24) is 29.7 Å². The molecule has 0 aliphatic carbocycles. The van der Waals surface area contributed by atoms with Crippen molar-refractivity contribution in [2.45, 2.75) is 33.7 Å². The summed E-state index contributed by atoms with van der Waals surface area (Å²) in [6.45, 7) is 10.9. The maximum atomic E-state index is 13.2. The van der Waals surface area contributed by atoms with Crippen LogP contribution >= 0.6 is 0 Å². The van der Waals surface area contributed by atoms with Crippen LogP contribution in [0.4, 0.5) is 0 Å². The number of likely N-dealkylation sites (N-methyl/N-ethyl adjacent to an activating group) is 1. The number of nitrogens with zero attached hydrogens (tertiary/aromatic N) is 4. The highest BCUT2D eigenvalue weighted by Crippen LogP contribution is 2.31. The third kappa shape index (κ3) is 5.67. The Morgan fingerprint density at radius 1 is 1.00 bits per heavy atom. The van der Waals surface area contributed by atoms with Gasteiger partial charge in [0.2, 0.25) is 5.56 Å². The normalized spacial score (nSPS) is 11.4. The lowest BCUT2D eigenvalue weighted by atomic mass is 10.0. The summed E-state index contributed by atoms with van der Waals surface area (Å²) in [5.41, 5.74) is 2.64. The Balaban J connectivity index is 1.88. The van der Waals surface area contributed by atoms with Crippen LogP contribution in [0.2, 0.25) is 0 Å². The van der Waals surface area contributed by atoms with Gasteiger partial charge in [-0.25, -0.2) is 9.97 Å². The van der Waals surface area contributed by atoms with Crippen molar-refractivity contribution >= 4 is 17.1 Å². The lowest BCUT2D eigenvalue weighted by Crippen LogP contribution is -2.35. The minimum Gasteiger partial charge on any atom is -0.351 e. The third-order valence-electron chi connectivity index (χ3n) is 6.34. The average Bonchev–Trinajstić information content (AvgIpc) is 2.90. The van der Waals surface area contributed by atoms with Gasteiger partial charge in [0.25, 0.3) is 11.5 Å². The van der Waals surface area contributed by atoms with Crippen LogP contribution in [0.1, 0.15) is 44.1 Å². The van der Waals surface area contributed by atoms with Crippen molar-refractivity contribution in [3.05, 3.63) is 81.0 Å². The number of rotatable bonds is 9. The molecule has 0 aliphatic rings. The van der Waals surface area contributed by atoms with Crippen LogP contribution in [0, 0.1) is 0 Å². The number of aromatic nitrogens is 4. The molecule has 0 fully saturated rings. The SMILES string of the molecule is CCN(CC)CCNC(=O)c1cc(=O)[nH]c2nc(-c3ccccc3)c(-c3ccc(=O)n(C(C)C)c3)nc12. The molecule has 0 bridgehead atoms. The zero-order valence-electron chi connectivity index (χ0n) is 21.6. The Bertz CT molecular complexity index is 1520. The smallest absolute Gasteiger partial charge is 0.253 e. The molecule has 0 radical (unpaired) electrons. The minimum atomic E-state index is -0.434. The lowest BCUT2D eigenvalue weighted by Gasteiger charge is -2.18. The van der Waals surface area contributed by atoms with E-state index in [0.717, 1.165) is 18.7 Å². The predicted octanol–water partition coefficient (Wildman–Crippen LogP) is 3.47.